The average molecular weight is 1280 g/mol. The van der Waals surface area contributed by atoms with Crippen molar-refractivity contribution in [3.63, 3.8) is 0 Å². The van der Waals surface area contributed by atoms with E-state index < -0.39 is 19.1 Å². The summed E-state index contributed by atoms with van der Waals surface area (Å²) in [6.07, 6.45) is 11.6. The number of aromatic nitrogens is 6. The lowest BCUT2D eigenvalue weighted by atomic mass is 10.0. The van der Waals surface area contributed by atoms with Gasteiger partial charge in [-0.2, -0.15) is 0 Å². The zero-order chi connectivity index (χ0) is 74.6. The zero-order valence-electron chi connectivity index (χ0n) is 66.6. The van der Waals surface area contributed by atoms with Crippen molar-refractivity contribution in [1.29, 1.82) is 0 Å². The molecular weight excluding hydrogens is 1170 g/mol. The van der Waals surface area contributed by atoms with Gasteiger partial charge in [-0.25, -0.2) is 27.4 Å². The fourth-order valence-electron chi connectivity index (χ4n) is 11.7. The summed E-state index contributed by atoms with van der Waals surface area (Å²) in [6.45, 7) is 24.0. The zero-order valence-corrected chi connectivity index (χ0v) is 60.6. The quantitative estimate of drug-likeness (QED) is 0.109. The second-order valence-electron chi connectivity index (χ2n) is 24.5. The summed E-state index contributed by atoms with van der Waals surface area (Å²) in [6, 6.07) is 74.8. The van der Waals surface area contributed by atoms with Gasteiger partial charge in [0.15, 0.2) is 37.2 Å². The number of nitrogens with zero attached hydrogens (tertiary/aromatic N) is 6. The highest BCUT2D eigenvalue weighted by Crippen LogP contribution is 2.26. The van der Waals surface area contributed by atoms with Crippen molar-refractivity contribution in [3.05, 3.63) is 322 Å². The first-order valence-electron chi connectivity index (χ1n) is 36.7. The van der Waals surface area contributed by atoms with E-state index in [-0.39, 0.29) is 0 Å². The molecule has 0 radical (unpaired) electrons. The standard InChI is InChI=1S/6C15H18N/c2*1-4-13-8-9-14(12(2)11-13)15-7-5-6-10-16(15)3;2*1-4-13-9-10-16(3)15(11-13)14-8-6-5-7-12(14)2;2*1-4-13-9-10-15(16(3)11-13)14-8-6-5-7-12(14)2/h6*5-11H,4H2,1-3H3/q6*+1/i4D2;;4D2;;4D2;. The van der Waals surface area contributed by atoms with Crippen LogP contribution in [0.5, 0.6) is 0 Å². The summed E-state index contributed by atoms with van der Waals surface area (Å²) in [5.41, 5.74) is 28.3. The highest BCUT2D eigenvalue weighted by Gasteiger charge is 2.17. The van der Waals surface area contributed by atoms with Gasteiger partial charge in [0.1, 0.15) is 42.3 Å². The second-order valence-corrected chi connectivity index (χ2v) is 24.5. The van der Waals surface area contributed by atoms with Crippen LogP contribution in [-0.4, -0.2) is 0 Å². The summed E-state index contributed by atoms with van der Waals surface area (Å²) in [5.74, 6) is 0. The van der Waals surface area contributed by atoms with Gasteiger partial charge in [0, 0.05) is 113 Å². The Morgan fingerprint density at radius 2 is 0.510 bits per heavy atom. The van der Waals surface area contributed by atoms with Crippen LogP contribution in [0.2, 0.25) is 0 Å². The molecule has 492 valence electrons. The molecular formula is C90H108N6+6. The lowest BCUT2D eigenvalue weighted by Gasteiger charge is -2.06. The smallest absolute Gasteiger partial charge is 0.201 e. The van der Waals surface area contributed by atoms with Crippen molar-refractivity contribution in [2.75, 3.05) is 0 Å². The molecule has 0 fully saturated rings. The van der Waals surface area contributed by atoms with E-state index in [9.17, 15) is 0 Å². The van der Waals surface area contributed by atoms with Gasteiger partial charge in [0.25, 0.3) is 0 Å². The molecule has 96 heavy (non-hydrogen) atoms. The maximum absolute atomic E-state index is 7.81. The van der Waals surface area contributed by atoms with Gasteiger partial charge in [-0.05, 0) is 196 Å². The van der Waals surface area contributed by atoms with Gasteiger partial charge in [0.05, 0.1) is 0 Å². The molecule has 0 aliphatic carbocycles. The Labute approximate surface area is 586 Å². The monoisotopic (exact) mass is 1280 g/mol. The fourth-order valence-corrected chi connectivity index (χ4v) is 11.7. The number of benzene rings is 6. The van der Waals surface area contributed by atoms with Crippen LogP contribution in [0.4, 0.5) is 0 Å². The first-order chi connectivity index (χ1) is 48.3. The molecule has 0 saturated carbocycles. The van der Waals surface area contributed by atoms with Gasteiger partial charge in [-0.3, -0.25) is 0 Å². The minimum atomic E-state index is -1.31. The number of rotatable bonds is 12. The van der Waals surface area contributed by atoms with Gasteiger partial charge in [0.2, 0.25) is 34.2 Å². The van der Waals surface area contributed by atoms with Crippen molar-refractivity contribution >= 4 is 0 Å². The van der Waals surface area contributed by atoms with E-state index in [1.54, 1.807) is 20.8 Å². The van der Waals surface area contributed by atoms with E-state index in [4.69, 9.17) is 8.22 Å². The molecule has 12 rings (SSSR count). The minimum absolute atomic E-state index is 0.697. The summed E-state index contributed by atoms with van der Waals surface area (Å²) in [5, 5.41) is 0. The molecule has 0 amide bonds. The van der Waals surface area contributed by atoms with Gasteiger partial charge in [-0.15, -0.1) is 0 Å². The predicted octanol–water partition coefficient (Wildman–Crippen LogP) is 18.3. The second kappa shape index (κ2) is 36.8. The molecule has 0 spiro atoms. The molecule has 6 heteroatoms. The molecule has 6 nitrogen and oxygen atoms in total. The van der Waals surface area contributed by atoms with Crippen molar-refractivity contribution in [1.82, 2.24) is 0 Å². The molecule has 6 aromatic carbocycles. The highest BCUT2D eigenvalue weighted by molar-refractivity contribution is 5.65. The largest absolute Gasteiger partial charge is 0.212 e. The van der Waals surface area contributed by atoms with Crippen molar-refractivity contribution in [2.24, 2.45) is 42.3 Å². The van der Waals surface area contributed by atoms with E-state index in [0.717, 1.165) is 58.6 Å². The lowest BCUT2D eigenvalue weighted by Crippen LogP contribution is -2.31. The Morgan fingerprint density at radius 1 is 0.229 bits per heavy atom. The lowest BCUT2D eigenvalue weighted by molar-refractivity contribution is -0.660. The molecule has 0 aliphatic heterocycles. The van der Waals surface area contributed by atoms with Crippen LogP contribution in [0, 0.1) is 41.5 Å². The SMILES string of the molecule is CCc1cc[n+](C)c(-c2ccccc2C)c1.CCc1ccc(-c2cccc[n+]2C)c(C)c1.CCc1ccc(-c2ccccc2C)[n+](C)c1.[2H]C([2H])(C)c1cc[n+](C)c(-c2ccccc2C)c1.[2H]C([2H])(C)c1ccc(-c2cccc[n+]2C)c(C)c1.[2H]C([2H])(C)c1ccc(-c2ccccc2C)[n+](C)c1. The number of pyridine rings is 6. The van der Waals surface area contributed by atoms with E-state index in [1.807, 2.05) is 135 Å². The molecule has 0 unspecified atom stereocenters. The molecule has 0 aliphatic rings. The van der Waals surface area contributed by atoms with Gasteiger partial charge < -0.3 is 0 Å². The topological polar surface area (TPSA) is 23.3 Å². The summed E-state index contributed by atoms with van der Waals surface area (Å²) in [7, 11) is 12.3. The first-order valence-corrected chi connectivity index (χ1v) is 33.7. The fraction of sp³-hybridized carbons (Fsp3) is 0.267. The van der Waals surface area contributed by atoms with E-state index in [1.165, 1.54) is 83.8 Å². The Balaban J connectivity index is 0.000000172. The molecule has 0 atom stereocenters. The van der Waals surface area contributed by atoms with Gasteiger partial charge in [-0.1, -0.05) is 139 Å². The third-order valence-electron chi connectivity index (χ3n) is 17.6. The van der Waals surface area contributed by atoms with Crippen LogP contribution in [0.25, 0.3) is 67.5 Å². The number of hydrogen-bond acceptors (Lipinski definition) is 0. The van der Waals surface area contributed by atoms with Crippen LogP contribution in [0.15, 0.2) is 256 Å². The normalized spacial score (nSPS) is 11.8. The molecule has 0 N–H and O–H groups in total. The predicted molar refractivity (Wildman–Crippen MR) is 403 cm³/mol. The third-order valence-corrected chi connectivity index (χ3v) is 17.6. The average Bonchev–Trinajstić information content (AvgIpc) is 0.826. The van der Waals surface area contributed by atoms with Crippen molar-refractivity contribution in [3.8, 4) is 67.5 Å². The highest BCUT2D eigenvalue weighted by atomic mass is 14.9. The summed E-state index contributed by atoms with van der Waals surface area (Å²) in [4.78, 5) is 0. The molecule has 0 saturated heterocycles. The van der Waals surface area contributed by atoms with Crippen LogP contribution >= 0.6 is 0 Å². The van der Waals surface area contributed by atoms with Crippen LogP contribution < -0.4 is 27.4 Å². The van der Waals surface area contributed by atoms with Crippen molar-refractivity contribution in [2.45, 2.75) is 121 Å². The maximum Gasteiger partial charge on any atom is 0.212 e. The third kappa shape index (κ3) is 20.1. The van der Waals surface area contributed by atoms with E-state index in [0.29, 0.717) is 11.1 Å². The van der Waals surface area contributed by atoms with Crippen LogP contribution in [0.1, 0.15) is 117 Å². The molecule has 12 aromatic rings. The number of hydrogen-bond donors (Lipinski definition) is 0. The van der Waals surface area contributed by atoms with Crippen LogP contribution in [-0.2, 0) is 80.7 Å². The Morgan fingerprint density at radius 3 is 0.885 bits per heavy atom. The maximum atomic E-state index is 7.81. The van der Waals surface area contributed by atoms with Crippen molar-refractivity contribution < 1.29 is 35.6 Å². The molecule has 6 heterocycles. The summed E-state index contributed by atoms with van der Waals surface area (Å²) >= 11 is 0. The Bertz CT molecular complexity index is 4570. The number of aryl methyl sites for hydroxylation is 18. The minimum Gasteiger partial charge on any atom is -0.201 e. The summed E-state index contributed by atoms with van der Waals surface area (Å²) < 4.78 is 59.2. The van der Waals surface area contributed by atoms with E-state index in [2.05, 4.69) is 253 Å². The molecule has 0 bridgehead atoms. The Kier molecular flexibility index (Phi) is 24.9. The first kappa shape index (κ1) is 64.9. The molecule has 6 aromatic heterocycles. The van der Waals surface area contributed by atoms with Gasteiger partial charge >= 0.3 is 0 Å². The van der Waals surface area contributed by atoms with E-state index >= 15 is 0 Å². The Hall–Kier alpha value is -9.78. The van der Waals surface area contributed by atoms with Crippen LogP contribution in [0.3, 0.4) is 0 Å².